The van der Waals surface area contributed by atoms with Gasteiger partial charge in [0.25, 0.3) is 5.91 Å². The van der Waals surface area contributed by atoms with Gasteiger partial charge in [0.1, 0.15) is 0 Å². The van der Waals surface area contributed by atoms with Crippen molar-refractivity contribution in [2.24, 2.45) is 11.8 Å². The molecule has 2 rings (SSSR count). The van der Waals surface area contributed by atoms with Crippen LogP contribution in [0.15, 0.2) is 24.3 Å². The summed E-state index contributed by atoms with van der Waals surface area (Å²) in [5, 5.41) is 11.9. The summed E-state index contributed by atoms with van der Waals surface area (Å²) in [5.41, 5.74) is 1.21. The first-order valence-electron chi connectivity index (χ1n) is 6.93. The van der Waals surface area contributed by atoms with Crippen LogP contribution in [0.2, 0.25) is 0 Å². The molecule has 0 aliphatic heterocycles. The molecule has 0 unspecified atom stereocenters. The fourth-order valence-electron chi connectivity index (χ4n) is 2.73. The lowest BCUT2D eigenvalue weighted by Crippen LogP contribution is -2.43. The zero-order valence-electron chi connectivity index (χ0n) is 11.5. The Kier molecular flexibility index (Phi) is 4.21. The maximum atomic E-state index is 12.2. The number of nitriles is 1. The second-order valence-corrected chi connectivity index (χ2v) is 5.54. The maximum absolute atomic E-state index is 12.2. The number of amides is 1. The second kappa shape index (κ2) is 5.88. The molecule has 0 saturated heterocycles. The average molecular weight is 256 g/mol. The number of carbonyl (C=O) groups excluding carboxylic acids is 1. The Morgan fingerprint density at radius 2 is 1.95 bits per heavy atom. The van der Waals surface area contributed by atoms with Crippen LogP contribution in [0, 0.1) is 23.2 Å². The van der Waals surface area contributed by atoms with Gasteiger partial charge in [-0.3, -0.25) is 4.79 Å². The molecule has 3 atom stereocenters. The van der Waals surface area contributed by atoms with Crippen LogP contribution in [0.5, 0.6) is 0 Å². The lowest BCUT2D eigenvalue weighted by atomic mass is 9.78. The Balaban J connectivity index is 2.02. The van der Waals surface area contributed by atoms with Crippen molar-refractivity contribution in [1.82, 2.24) is 5.32 Å². The van der Waals surface area contributed by atoms with Crippen molar-refractivity contribution in [3.63, 3.8) is 0 Å². The molecule has 1 aliphatic carbocycles. The standard InChI is InChI=1S/C16H20N2O/c1-11-4-3-5-15(12(11)2)18-16(19)14-8-6-13(10-17)7-9-14/h6-9,11-12,15H,3-5H2,1-2H3,(H,18,19)/t11-,12+,15+/m0/s1. The summed E-state index contributed by atoms with van der Waals surface area (Å²) in [6.07, 6.45) is 3.50. The van der Waals surface area contributed by atoms with E-state index in [4.69, 9.17) is 5.26 Å². The molecule has 0 spiro atoms. The largest absolute Gasteiger partial charge is 0.349 e. The van der Waals surface area contributed by atoms with Gasteiger partial charge in [-0.2, -0.15) is 5.26 Å². The van der Waals surface area contributed by atoms with E-state index in [1.54, 1.807) is 24.3 Å². The van der Waals surface area contributed by atoms with E-state index in [2.05, 4.69) is 25.2 Å². The minimum absolute atomic E-state index is 0.0320. The molecule has 100 valence electrons. The summed E-state index contributed by atoms with van der Waals surface area (Å²) in [4.78, 5) is 12.2. The fourth-order valence-corrected chi connectivity index (χ4v) is 2.73. The van der Waals surface area contributed by atoms with E-state index in [1.807, 2.05) is 0 Å². The molecule has 0 aromatic heterocycles. The third-order valence-corrected chi connectivity index (χ3v) is 4.30. The highest BCUT2D eigenvalue weighted by molar-refractivity contribution is 5.94. The van der Waals surface area contributed by atoms with E-state index in [1.165, 1.54) is 12.8 Å². The van der Waals surface area contributed by atoms with Gasteiger partial charge in [-0.1, -0.05) is 26.7 Å². The highest BCUT2D eigenvalue weighted by atomic mass is 16.1. The molecule has 0 radical (unpaired) electrons. The van der Waals surface area contributed by atoms with Crippen LogP contribution in [0.3, 0.4) is 0 Å². The van der Waals surface area contributed by atoms with Crippen LogP contribution >= 0.6 is 0 Å². The molecule has 1 fully saturated rings. The number of hydrogen-bond donors (Lipinski definition) is 1. The molecule has 1 aromatic carbocycles. The van der Waals surface area contributed by atoms with Crippen LogP contribution in [0.4, 0.5) is 0 Å². The minimum Gasteiger partial charge on any atom is -0.349 e. The van der Waals surface area contributed by atoms with Crippen molar-refractivity contribution in [1.29, 1.82) is 5.26 Å². The molecule has 1 aliphatic rings. The average Bonchev–Trinajstić information content (AvgIpc) is 2.44. The highest BCUT2D eigenvalue weighted by Gasteiger charge is 2.28. The summed E-state index contributed by atoms with van der Waals surface area (Å²) >= 11 is 0. The van der Waals surface area contributed by atoms with Crippen LogP contribution in [0.25, 0.3) is 0 Å². The van der Waals surface area contributed by atoms with Crippen LogP contribution in [0.1, 0.15) is 49.0 Å². The number of rotatable bonds is 2. The topological polar surface area (TPSA) is 52.9 Å². The van der Waals surface area contributed by atoms with Gasteiger partial charge in [-0.25, -0.2) is 0 Å². The molecule has 0 heterocycles. The van der Waals surface area contributed by atoms with Crippen molar-refractivity contribution in [3.8, 4) is 6.07 Å². The summed E-state index contributed by atoms with van der Waals surface area (Å²) in [6, 6.07) is 9.12. The lowest BCUT2D eigenvalue weighted by Gasteiger charge is -2.34. The Bertz CT molecular complexity index is 486. The van der Waals surface area contributed by atoms with E-state index in [9.17, 15) is 4.79 Å². The molecular formula is C16H20N2O. The van der Waals surface area contributed by atoms with Gasteiger partial charge in [-0.05, 0) is 42.5 Å². The van der Waals surface area contributed by atoms with Gasteiger partial charge in [0.2, 0.25) is 0 Å². The van der Waals surface area contributed by atoms with Gasteiger partial charge in [0, 0.05) is 11.6 Å². The molecule has 1 aromatic rings. The summed E-state index contributed by atoms with van der Waals surface area (Å²) in [6.45, 7) is 4.47. The summed E-state index contributed by atoms with van der Waals surface area (Å²) in [5.74, 6) is 1.16. The second-order valence-electron chi connectivity index (χ2n) is 5.54. The van der Waals surface area contributed by atoms with Crippen LogP contribution < -0.4 is 5.32 Å². The van der Waals surface area contributed by atoms with Crippen LogP contribution in [-0.4, -0.2) is 11.9 Å². The zero-order chi connectivity index (χ0) is 13.8. The van der Waals surface area contributed by atoms with E-state index in [0.717, 1.165) is 6.42 Å². The number of carbonyl (C=O) groups is 1. The number of nitrogens with zero attached hydrogens (tertiary/aromatic N) is 1. The monoisotopic (exact) mass is 256 g/mol. The molecular weight excluding hydrogens is 236 g/mol. The van der Waals surface area contributed by atoms with E-state index < -0.39 is 0 Å². The maximum Gasteiger partial charge on any atom is 0.251 e. The first kappa shape index (κ1) is 13.6. The predicted octanol–water partition coefficient (Wildman–Crippen LogP) is 3.11. The Morgan fingerprint density at radius 3 is 2.58 bits per heavy atom. The van der Waals surface area contributed by atoms with Crippen molar-refractivity contribution >= 4 is 5.91 Å². The van der Waals surface area contributed by atoms with Crippen molar-refractivity contribution in [3.05, 3.63) is 35.4 Å². The summed E-state index contributed by atoms with van der Waals surface area (Å²) < 4.78 is 0. The molecule has 19 heavy (non-hydrogen) atoms. The number of nitrogens with one attached hydrogen (secondary N) is 1. The molecule has 3 heteroatoms. The Hall–Kier alpha value is -1.82. The first-order valence-corrected chi connectivity index (χ1v) is 6.93. The molecule has 3 nitrogen and oxygen atoms in total. The van der Waals surface area contributed by atoms with Gasteiger partial charge >= 0.3 is 0 Å². The minimum atomic E-state index is -0.0320. The Labute approximate surface area is 114 Å². The molecule has 0 bridgehead atoms. The highest BCUT2D eigenvalue weighted by Crippen LogP contribution is 2.29. The van der Waals surface area contributed by atoms with E-state index in [-0.39, 0.29) is 11.9 Å². The quantitative estimate of drug-likeness (QED) is 0.884. The third-order valence-electron chi connectivity index (χ3n) is 4.30. The first-order chi connectivity index (χ1) is 9.11. The fraction of sp³-hybridized carbons (Fsp3) is 0.500. The van der Waals surface area contributed by atoms with Crippen molar-refractivity contribution in [2.75, 3.05) is 0 Å². The van der Waals surface area contributed by atoms with Gasteiger partial charge < -0.3 is 5.32 Å². The van der Waals surface area contributed by atoms with E-state index in [0.29, 0.717) is 23.0 Å². The summed E-state index contributed by atoms with van der Waals surface area (Å²) in [7, 11) is 0. The SMILES string of the molecule is C[C@@H]1[C@@H](C)CCC[C@H]1NC(=O)c1ccc(C#N)cc1. The van der Waals surface area contributed by atoms with Gasteiger partial charge in [0.15, 0.2) is 0 Å². The van der Waals surface area contributed by atoms with Gasteiger partial charge in [0.05, 0.1) is 11.6 Å². The normalized spacial score (nSPS) is 26.5. The third kappa shape index (κ3) is 3.14. The molecule has 1 N–H and O–H groups in total. The number of benzene rings is 1. The van der Waals surface area contributed by atoms with E-state index >= 15 is 0 Å². The predicted molar refractivity (Wildman–Crippen MR) is 74.6 cm³/mol. The Morgan fingerprint density at radius 1 is 1.26 bits per heavy atom. The molecule has 1 amide bonds. The van der Waals surface area contributed by atoms with Crippen molar-refractivity contribution in [2.45, 2.75) is 39.2 Å². The smallest absolute Gasteiger partial charge is 0.251 e. The zero-order valence-corrected chi connectivity index (χ0v) is 11.5. The van der Waals surface area contributed by atoms with Crippen molar-refractivity contribution < 1.29 is 4.79 Å². The van der Waals surface area contributed by atoms with Crippen LogP contribution in [-0.2, 0) is 0 Å². The van der Waals surface area contributed by atoms with Gasteiger partial charge in [-0.15, -0.1) is 0 Å². The molecule has 1 saturated carbocycles. The lowest BCUT2D eigenvalue weighted by molar-refractivity contribution is 0.0891. The number of hydrogen-bond acceptors (Lipinski definition) is 2.